The number of aromatic nitrogens is 2. The van der Waals surface area contributed by atoms with Crippen LogP contribution in [0.3, 0.4) is 0 Å². The Labute approximate surface area is 138 Å². The molecular formula is C15H10ClF2IN2. The topological polar surface area (TPSA) is 17.8 Å². The summed E-state index contributed by atoms with van der Waals surface area (Å²) in [5.74, 6) is -1.32. The summed E-state index contributed by atoms with van der Waals surface area (Å²) in [5.41, 5.74) is 1.51. The van der Waals surface area contributed by atoms with Crippen molar-refractivity contribution in [3.05, 3.63) is 57.4 Å². The van der Waals surface area contributed by atoms with Crippen LogP contribution in [0.1, 0.15) is 18.1 Å². The van der Waals surface area contributed by atoms with E-state index in [1.54, 1.807) is 11.5 Å². The van der Waals surface area contributed by atoms with Crippen LogP contribution >= 0.6 is 34.2 Å². The molecule has 0 amide bonds. The molecule has 108 valence electrons. The van der Waals surface area contributed by atoms with Gasteiger partial charge in [-0.25, -0.2) is 13.8 Å². The number of alkyl halides is 1. The predicted molar refractivity (Wildman–Crippen MR) is 88.0 cm³/mol. The molecule has 6 heteroatoms. The third kappa shape index (κ3) is 2.53. The van der Waals surface area contributed by atoms with Gasteiger partial charge in [-0.05, 0) is 59.8 Å². The van der Waals surface area contributed by atoms with Gasteiger partial charge in [-0.2, -0.15) is 0 Å². The quantitative estimate of drug-likeness (QED) is 0.413. The molecule has 3 rings (SSSR count). The van der Waals surface area contributed by atoms with E-state index in [-0.39, 0.29) is 5.69 Å². The van der Waals surface area contributed by atoms with Crippen molar-refractivity contribution >= 4 is 45.2 Å². The summed E-state index contributed by atoms with van der Waals surface area (Å²) >= 11 is 8.34. The van der Waals surface area contributed by atoms with Gasteiger partial charge in [0, 0.05) is 3.57 Å². The molecule has 0 aliphatic rings. The van der Waals surface area contributed by atoms with Crippen LogP contribution < -0.4 is 0 Å². The molecule has 21 heavy (non-hydrogen) atoms. The van der Waals surface area contributed by atoms with Crippen LogP contribution in [0.4, 0.5) is 8.78 Å². The van der Waals surface area contributed by atoms with Crippen molar-refractivity contribution in [2.75, 3.05) is 0 Å². The van der Waals surface area contributed by atoms with Crippen LogP contribution in [0.5, 0.6) is 0 Å². The van der Waals surface area contributed by atoms with E-state index in [1.165, 1.54) is 12.1 Å². The second-order valence-corrected chi connectivity index (χ2v) is 6.53. The second kappa shape index (κ2) is 5.53. The summed E-state index contributed by atoms with van der Waals surface area (Å²) in [6, 6.07) is 9.67. The first-order chi connectivity index (χ1) is 9.99. The third-order valence-corrected chi connectivity index (χ3v) is 4.04. The molecule has 2 nitrogen and oxygen atoms in total. The van der Waals surface area contributed by atoms with Gasteiger partial charge in [0.05, 0.1) is 22.1 Å². The zero-order valence-electron chi connectivity index (χ0n) is 10.9. The first kappa shape index (κ1) is 14.7. The fourth-order valence-electron chi connectivity index (χ4n) is 2.26. The van der Waals surface area contributed by atoms with E-state index in [2.05, 4.69) is 27.6 Å². The molecule has 1 heterocycles. The Bertz CT molecular complexity index is 830. The number of benzene rings is 2. The Morgan fingerprint density at radius 2 is 2.00 bits per heavy atom. The molecule has 1 aromatic heterocycles. The van der Waals surface area contributed by atoms with Gasteiger partial charge in [0.15, 0.2) is 11.6 Å². The highest BCUT2D eigenvalue weighted by Crippen LogP contribution is 2.30. The minimum Gasteiger partial charge on any atom is -0.292 e. The minimum absolute atomic E-state index is 0.112. The Hall–Kier alpha value is -1.21. The van der Waals surface area contributed by atoms with Crippen molar-refractivity contribution in [2.45, 2.75) is 12.3 Å². The molecule has 0 spiro atoms. The van der Waals surface area contributed by atoms with Gasteiger partial charge in [0.2, 0.25) is 0 Å². The predicted octanol–water partition coefficient (Wildman–Crippen LogP) is 5.21. The summed E-state index contributed by atoms with van der Waals surface area (Å²) in [5, 5.41) is -0.433. The van der Waals surface area contributed by atoms with E-state index < -0.39 is 17.0 Å². The zero-order valence-corrected chi connectivity index (χ0v) is 13.9. The van der Waals surface area contributed by atoms with Crippen LogP contribution in [-0.4, -0.2) is 9.55 Å². The lowest BCUT2D eigenvalue weighted by Crippen LogP contribution is -2.05. The molecule has 0 radical (unpaired) electrons. The minimum atomic E-state index is -0.908. The SMILES string of the molecule is CC(Cl)c1nc2cc(I)ccc2n1-c1cccc(F)c1F. The molecule has 0 saturated heterocycles. The van der Waals surface area contributed by atoms with Crippen LogP contribution in [0.25, 0.3) is 16.7 Å². The average Bonchev–Trinajstić information content (AvgIpc) is 2.80. The van der Waals surface area contributed by atoms with Crippen LogP contribution in [0.15, 0.2) is 36.4 Å². The normalized spacial score (nSPS) is 12.8. The lowest BCUT2D eigenvalue weighted by Gasteiger charge is -2.11. The maximum atomic E-state index is 14.1. The van der Waals surface area contributed by atoms with Gasteiger partial charge < -0.3 is 0 Å². The molecule has 0 aliphatic heterocycles. The molecule has 2 aromatic carbocycles. The lowest BCUT2D eigenvalue weighted by molar-refractivity contribution is 0.504. The molecule has 0 N–H and O–H groups in total. The van der Waals surface area contributed by atoms with Crippen LogP contribution in [-0.2, 0) is 0 Å². The summed E-state index contributed by atoms with van der Waals surface area (Å²) in [4.78, 5) is 4.46. The van der Waals surface area contributed by atoms with E-state index in [9.17, 15) is 8.78 Å². The molecule has 0 aliphatic carbocycles. The van der Waals surface area contributed by atoms with Gasteiger partial charge in [0.25, 0.3) is 0 Å². The van der Waals surface area contributed by atoms with Crippen molar-refractivity contribution in [2.24, 2.45) is 0 Å². The fourth-order valence-corrected chi connectivity index (χ4v) is 2.88. The highest BCUT2D eigenvalue weighted by Gasteiger charge is 2.20. The monoisotopic (exact) mass is 418 g/mol. The molecule has 0 bridgehead atoms. The summed E-state index contributed by atoms with van der Waals surface area (Å²) in [6.45, 7) is 1.75. The number of imidazole rings is 1. The van der Waals surface area contributed by atoms with E-state index in [0.717, 1.165) is 9.64 Å². The number of hydrogen-bond acceptors (Lipinski definition) is 1. The Morgan fingerprint density at radius 1 is 1.24 bits per heavy atom. The van der Waals surface area contributed by atoms with Crippen molar-refractivity contribution < 1.29 is 8.78 Å². The number of fused-ring (bicyclic) bond motifs is 1. The highest BCUT2D eigenvalue weighted by atomic mass is 127. The Balaban J connectivity index is 2.39. The lowest BCUT2D eigenvalue weighted by atomic mass is 10.2. The maximum absolute atomic E-state index is 14.1. The molecule has 0 saturated carbocycles. The first-order valence-corrected chi connectivity index (χ1v) is 7.77. The third-order valence-electron chi connectivity index (χ3n) is 3.17. The number of hydrogen-bond donors (Lipinski definition) is 0. The summed E-state index contributed by atoms with van der Waals surface area (Å²) < 4.78 is 30.3. The molecule has 0 fully saturated rings. The molecule has 1 atom stereocenters. The Kier molecular flexibility index (Phi) is 3.88. The van der Waals surface area contributed by atoms with Gasteiger partial charge in [-0.3, -0.25) is 4.57 Å². The van der Waals surface area contributed by atoms with Gasteiger partial charge in [-0.15, -0.1) is 11.6 Å². The van der Waals surface area contributed by atoms with E-state index >= 15 is 0 Å². The standard InChI is InChI=1S/C15H10ClF2IN2/c1-8(16)15-20-11-7-9(19)5-6-12(11)21(15)13-4-2-3-10(17)14(13)18/h2-8H,1H3. The average molecular weight is 419 g/mol. The zero-order chi connectivity index (χ0) is 15.1. The van der Waals surface area contributed by atoms with Crippen molar-refractivity contribution in [1.82, 2.24) is 9.55 Å². The molecule has 3 aromatic rings. The second-order valence-electron chi connectivity index (χ2n) is 4.63. The van der Waals surface area contributed by atoms with Gasteiger partial charge in [0.1, 0.15) is 5.82 Å². The fraction of sp³-hybridized carbons (Fsp3) is 0.133. The first-order valence-electron chi connectivity index (χ1n) is 6.25. The van der Waals surface area contributed by atoms with Gasteiger partial charge in [-0.1, -0.05) is 6.07 Å². The van der Waals surface area contributed by atoms with E-state index in [4.69, 9.17) is 11.6 Å². The Morgan fingerprint density at radius 3 is 2.71 bits per heavy atom. The molecular weight excluding hydrogens is 409 g/mol. The van der Waals surface area contributed by atoms with Crippen molar-refractivity contribution in [1.29, 1.82) is 0 Å². The largest absolute Gasteiger partial charge is 0.292 e. The van der Waals surface area contributed by atoms with E-state index in [0.29, 0.717) is 16.9 Å². The van der Waals surface area contributed by atoms with Gasteiger partial charge >= 0.3 is 0 Å². The summed E-state index contributed by atoms with van der Waals surface area (Å²) in [6.07, 6.45) is 0. The van der Waals surface area contributed by atoms with Crippen LogP contribution in [0, 0.1) is 15.2 Å². The number of nitrogens with zero attached hydrogens (tertiary/aromatic N) is 2. The maximum Gasteiger partial charge on any atom is 0.182 e. The smallest absolute Gasteiger partial charge is 0.182 e. The molecule has 1 unspecified atom stereocenters. The highest BCUT2D eigenvalue weighted by molar-refractivity contribution is 14.1. The van der Waals surface area contributed by atoms with Crippen LogP contribution in [0.2, 0.25) is 0 Å². The summed E-state index contributed by atoms with van der Waals surface area (Å²) in [7, 11) is 0. The van der Waals surface area contributed by atoms with E-state index in [1.807, 2.05) is 18.2 Å². The number of rotatable bonds is 2. The van der Waals surface area contributed by atoms with Crippen molar-refractivity contribution in [3.8, 4) is 5.69 Å². The van der Waals surface area contributed by atoms with Crippen molar-refractivity contribution in [3.63, 3.8) is 0 Å². The number of halogens is 4.